The molecular formula is C25H25N3O5S2. The highest BCUT2D eigenvalue weighted by molar-refractivity contribution is 7.98. The molecule has 1 heterocycles. The van der Waals surface area contributed by atoms with Gasteiger partial charge in [0.1, 0.15) is 23.2 Å². The van der Waals surface area contributed by atoms with Gasteiger partial charge in [0.2, 0.25) is 5.91 Å². The minimum atomic E-state index is -1.17. The number of nitrogens with zero attached hydrogens (tertiary/aromatic N) is 1. The van der Waals surface area contributed by atoms with E-state index >= 15 is 0 Å². The molecule has 0 saturated heterocycles. The Morgan fingerprint density at radius 1 is 1.11 bits per heavy atom. The lowest BCUT2D eigenvalue weighted by Gasteiger charge is -2.19. The number of hydrogen-bond acceptors (Lipinski definition) is 7. The number of rotatable bonds is 9. The number of amides is 2. The first kappa shape index (κ1) is 24.7. The number of hydrogen-bond donors (Lipinski definition) is 3. The van der Waals surface area contributed by atoms with Crippen molar-refractivity contribution in [3.05, 3.63) is 70.9 Å². The van der Waals surface area contributed by atoms with Crippen molar-refractivity contribution in [2.24, 2.45) is 0 Å². The summed E-state index contributed by atoms with van der Waals surface area (Å²) in [6, 6.07) is 15.2. The Labute approximate surface area is 211 Å². The van der Waals surface area contributed by atoms with Gasteiger partial charge in [-0.3, -0.25) is 4.79 Å². The van der Waals surface area contributed by atoms with Crippen LogP contribution < -0.4 is 10.6 Å². The summed E-state index contributed by atoms with van der Waals surface area (Å²) in [4.78, 5) is 37.1. The summed E-state index contributed by atoms with van der Waals surface area (Å²) in [6.45, 7) is 1.70. The zero-order valence-corrected chi connectivity index (χ0v) is 20.9. The minimum Gasteiger partial charge on any atom is -0.478 e. The number of aromatic carboxylic acids is 1. The van der Waals surface area contributed by atoms with Crippen LogP contribution in [0.3, 0.4) is 0 Å². The molecule has 182 valence electrons. The Balaban J connectivity index is 1.43. The van der Waals surface area contributed by atoms with E-state index in [9.17, 15) is 19.5 Å². The van der Waals surface area contributed by atoms with Gasteiger partial charge in [0, 0.05) is 5.92 Å². The lowest BCUT2D eigenvalue weighted by Crippen LogP contribution is -2.44. The Kier molecular flexibility index (Phi) is 7.72. The number of anilines is 1. The van der Waals surface area contributed by atoms with Crippen molar-refractivity contribution < 1.29 is 24.2 Å². The van der Waals surface area contributed by atoms with Crippen LogP contribution >= 0.6 is 23.3 Å². The fraction of sp³-hybridized carbons (Fsp3) is 0.280. The number of benzene rings is 2. The summed E-state index contributed by atoms with van der Waals surface area (Å²) < 4.78 is 9.59. The van der Waals surface area contributed by atoms with Crippen molar-refractivity contribution in [1.82, 2.24) is 9.69 Å². The molecule has 3 aromatic rings. The van der Waals surface area contributed by atoms with Crippen LogP contribution in [0.1, 0.15) is 39.5 Å². The van der Waals surface area contributed by atoms with Crippen LogP contribution in [0.5, 0.6) is 0 Å². The van der Waals surface area contributed by atoms with Gasteiger partial charge in [-0.25, -0.2) is 9.59 Å². The zero-order valence-electron chi connectivity index (χ0n) is 19.2. The first-order chi connectivity index (χ1) is 16.9. The fourth-order valence-electron chi connectivity index (χ4n) is 4.19. The molecule has 2 amide bonds. The largest absolute Gasteiger partial charge is 0.478 e. The highest BCUT2D eigenvalue weighted by Gasteiger charge is 2.30. The fourth-order valence-corrected chi connectivity index (χ4v) is 5.46. The molecule has 0 radical (unpaired) electrons. The minimum absolute atomic E-state index is 0.0480. The third-order valence-corrected chi connectivity index (χ3v) is 7.37. The van der Waals surface area contributed by atoms with Gasteiger partial charge in [-0.2, -0.15) is 16.1 Å². The number of carbonyl (C=O) groups excluding carboxylic acids is 2. The molecule has 1 aliphatic carbocycles. The average Bonchev–Trinajstić information content (AvgIpc) is 3.37. The van der Waals surface area contributed by atoms with Crippen molar-refractivity contribution in [3.63, 3.8) is 0 Å². The van der Waals surface area contributed by atoms with E-state index in [1.54, 1.807) is 6.92 Å². The molecule has 4 rings (SSSR count). The van der Waals surface area contributed by atoms with Crippen LogP contribution in [0.15, 0.2) is 48.5 Å². The number of nitrogens with one attached hydrogen (secondary N) is 2. The molecule has 0 fully saturated rings. The Morgan fingerprint density at radius 2 is 1.74 bits per heavy atom. The quantitative estimate of drug-likeness (QED) is 0.379. The van der Waals surface area contributed by atoms with E-state index in [0.29, 0.717) is 17.9 Å². The maximum atomic E-state index is 12.9. The second-order valence-corrected chi connectivity index (χ2v) is 9.83. The van der Waals surface area contributed by atoms with Gasteiger partial charge in [0.25, 0.3) is 0 Å². The number of thioether (sulfide) groups is 1. The Morgan fingerprint density at radius 3 is 2.34 bits per heavy atom. The van der Waals surface area contributed by atoms with Crippen molar-refractivity contribution >= 4 is 46.3 Å². The zero-order chi connectivity index (χ0) is 24.9. The smallest absolute Gasteiger partial charge is 0.407 e. The lowest BCUT2D eigenvalue weighted by atomic mass is 9.98. The van der Waals surface area contributed by atoms with E-state index in [1.807, 2.05) is 42.7 Å². The number of ether oxygens (including phenoxy) is 1. The van der Waals surface area contributed by atoms with Crippen molar-refractivity contribution in [3.8, 4) is 11.1 Å². The third-order valence-electron chi connectivity index (χ3n) is 5.88. The molecule has 35 heavy (non-hydrogen) atoms. The molecule has 10 heteroatoms. The molecule has 0 saturated carbocycles. The maximum Gasteiger partial charge on any atom is 0.407 e. The van der Waals surface area contributed by atoms with E-state index < -0.39 is 24.0 Å². The van der Waals surface area contributed by atoms with Gasteiger partial charge in [-0.05, 0) is 59.1 Å². The van der Waals surface area contributed by atoms with E-state index in [4.69, 9.17) is 4.74 Å². The second kappa shape index (κ2) is 10.9. The van der Waals surface area contributed by atoms with Gasteiger partial charge < -0.3 is 20.5 Å². The normalized spacial score (nSPS) is 13.0. The summed E-state index contributed by atoms with van der Waals surface area (Å²) in [6.07, 6.45) is 1.56. The number of carboxylic acids is 1. The van der Waals surface area contributed by atoms with E-state index in [2.05, 4.69) is 27.1 Å². The average molecular weight is 512 g/mol. The highest BCUT2D eigenvalue weighted by Crippen LogP contribution is 2.44. The predicted molar refractivity (Wildman–Crippen MR) is 137 cm³/mol. The van der Waals surface area contributed by atoms with Crippen LogP contribution in [-0.4, -0.2) is 52.1 Å². The van der Waals surface area contributed by atoms with Gasteiger partial charge in [0.15, 0.2) is 0 Å². The molecule has 0 spiro atoms. The first-order valence-corrected chi connectivity index (χ1v) is 13.2. The number of carboxylic acid groups (broad SMARTS) is 1. The van der Waals surface area contributed by atoms with Gasteiger partial charge in [-0.15, -0.1) is 0 Å². The number of fused-ring (bicyclic) bond motifs is 3. The van der Waals surface area contributed by atoms with Crippen LogP contribution in [-0.2, 0) is 9.53 Å². The van der Waals surface area contributed by atoms with E-state index in [0.717, 1.165) is 33.8 Å². The van der Waals surface area contributed by atoms with Crippen LogP contribution in [0, 0.1) is 6.92 Å². The maximum absolute atomic E-state index is 12.9. The summed E-state index contributed by atoms with van der Waals surface area (Å²) in [5.74, 6) is -1.16. The molecule has 1 aliphatic rings. The summed E-state index contributed by atoms with van der Waals surface area (Å²) in [5.41, 5.74) is 4.72. The number of alkyl carbamates (subject to hydrolysis) is 1. The molecule has 0 aliphatic heterocycles. The third kappa shape index (κ3) is 5.33. The standard InChI is InChI=1S/C25H25N3O5S2/c1-14-21(24(30)31)23(35-28-14)27-22(29)20(11-12-34-2)26-25(32)33-13-19-17-9-5-3-7-15(17)16-8-4-6-10-18(16)19/h3-10,19-20H,11-13H2,1-2H3,(H,26,32)(H,27,29)(H,30,31)/t20-/m0/s1. The highest BCUT2D eigenvalue weighted by atomic mass is 32.2. The summed E-state index contributed by atoms with van der Waals surface area (Å²) in [7, 11) is 0. The van der Waals surface area contributed by atoms with E-state index in [1.165, 1.54) is 11.8 Å². The summed E-state index contributed by atoms with van der Waals surface area (Å²) >= 11 is 2.43. The summed E-state index contributed by atoms with van der Waals surface area (Å²) in [5, 5.41) is 14.8. The molecule has 0 bridgehead atoms. The Bertz CT molecular complexity index is 1210. The van der Waals surface area contributed by atoms with Crippen LogP contribution in [0.2, 0.25) is 0 Å². The van der Waals surface area contributed by atoms with Gasteiger partial charge >= 0.3 is 12.1 Å². The molecule has 2 aromatic carbocycles. The first-order valence-electron chi connectivity index (χ1n) is 11.0. The molecule has 3 N–H and O–H groups in total. The van der Waals surface area contributed by atoms with Gasteiger partial charge in [-0.1, -0.05) is 48.5 Å². The topological polar surface area (TPSA) is 118 Å². The van der Waals surface area contributed by atoms with Crippen molar-refractivity contribution in [2.45, 2.75) is 25.3 Å². The van der Waals surface area contributed by atoms with Gasteiger partial charge in [0.05, 0.1) is 5.69 Å². The van der Waals surface area contributed by atoms with Crippen molar-refractivity contribution in [2.75, 3.05) is 23.9 Å². The lowest BCUT2D eigenvalue weighted by molar-refractivity contribution is -0.118. The van der Waals surface area contributed by atoms with Crippen molar-refractivity contribution in [1.29, 1.82) is 0 Å². The molecule has 0 unspecified atom stereocenters. The molecular weight excluding hydrogens is 486 g/mol. The predicted octanol–water partition coefficient (Wildman–Crippen LogP) is 4.75. The molecule has 1 atom stereocenters. The number of carbonyl (C=O) groups is 3. The number of aromatic nitrogens is 1. The Hall–Kier alpha value is -3.37. The second-order valence-electron chi connectivity index (χ2n) is 8.07. The van der Waals surface area contributed by atoms with Crippen LogP contribution in [0.4, 0.5) is 9.80 Å². The SMILES string of the molecule is CSCC[C@H](NC(=O)OCC1c2ccccc2-c2ccccc21)C(=O)Nc1snc(C)c1C(=O)O. The van der Waals surface area contributed by atoms with Crippen LogP contribution in [0.25, 0.3) is 11.1 Å². The molecule has 8 nitrogen and oxygen atoms in total. The van der Waals surface area contributed by atoms with E-state index in [-0.39, 0.29) is 23.1 Å². The number of aryl methyl sites for hydroxylation is 1. The monoisotopic (exact) mass is 511 g/mol. The molecule has 1 aromatic heterocycles.